The van der Waals surface area contributed by atoms with Crippen LogP contribution in [0.5, 0.6) is 0 Å². The van der Waals surface area contributed by atoms with Crippen molar-refractivity contribution in [1.29, 1.82) is 0 Å². The second-order valence-electron chi connectivity index (χ2n) is 3.83. The van der Waals surface area contributed by atoms with Crippen molar-refractivity contribution >= 4 is 17.3 Å². The highest BCUT2D eigenvalue weighted by Gasteiger charge is 2.33. The summed E-state index contributed by atoms with van der Waals surface area (Å²) in [6.07, 6.45) is 2.73. The highest BCUT2D eigenvalue weighted by atomic mass is 32.1. The monoisotopic (exact) mass is 186 g/mol. The van der Waals surface area contributed by atoms with Crippen LogP contribution in [-0.2, 0) is 0 Å². The van der Waals surface area contributed by atoms with Crippen molar-refractivity contribution < 1.29 is 0 Å². The molecule has 0 heterocycles. The van der Waals surface area contributed by atoms with Gasteiger partial charge in [0.15, 0.2) is 5.11 Å². The number of hydrogen-bond donors (Lipinski definition) is 2. The molecule has 1 atom stereocenters. The maximum absolute atomic E-state index is 5.08. The molecule has 0 amide bonds. The molecule has 2 N–H and O–H groups in total. The summed E-state index contributed by atoms with van der Waals surface area (Å²) in [6, 6.07) is 0.574. The Kier molecular flexibility index (Phi) is 3.32. The molecule has 1 saturated carbocycles. The molecule has 0 radical (unpaired) electrons. The van der Waals surface area contributed by atoms with Crippen LogP contribution in [0.3, 0.4) is 0 Å². The van der Waals surface area contributed by atoms with Crippen molar-refractivity contribution in [2.75, 3.05) is 7.05 Å². The molecular weight excluding hydrogens is 168 g/mol. The molecule has 70 valence electrons. The fourth-order valence-electron chi connectivity index (χ4n) is 1.51. The van der Waals surface area contributed by atoms with E-state index in [1.54, 1.807) is 0 Å². The first-order valence-electron chi connectivity index (χ1n) is 4.63. The Morgan fingerprint density at radius 1 is 1.42 bits per heavy atom. The lowest BCUT2D eigenvalue weighted by atomic mass is 10.00. The minimum Gasteiger partial charge on any atom is -0.366 e. The second-order valence-corrected chi connectivity index (χ2v) is 4.24. The molecule has 0 bridgehead atoms. The molecule has 12 heavy (non-hydrogen) atoms. The predicted molar refractivity (Wildman–Crippen MR) is 56.1 cm³/mol. The van der Waals surface area contributed by atoms with Gasteiger partial charge in [0.1, 0.15) is 0 Å². The largest absolute Gasteiger partial charge is 0.366 e. The Morgan fingerprint density at radius 3 is 2.33 bits per heavy atom. The van der Waals surface area contributed by atoms with Gasteiger partial charge in [0.05, 0.1) is 0 Å². The van der Waals surface area contributed by atoms with E-state index in [1.165, 1.54) is 12.8 Å². The maximum Gasteiger partial charge on any atom is 0.166 e. The molecule has 0 saturated heterocycles. The fraction of sp³-hybridized carbons (Fsp3) is 0.889. The first-order valence-corrected chi connectivity index (χ1v) is 5.04. The van der Waals surface area contributed by atoms with Crippen molar-refractivity contribution in [2.24, 2.45) is 11.8 Å². The first kappa shape index (κ1) is 9.78. The van der Waals surface area contributed by atoms with Crippen LogP contribution in [0, 0.1) is 11.8 Å². The quantitative estimate of drug-likeness (QED) is 0.653. The third-order valence-corrected chi connectivity index (χ3v) is 2.69. The van der Waals surface area contributed by atoms with Crippen molar-refractivity contribution in [2.45, 2.75) is 32.7 Å². The number of nitrogens with one attached hydrogen (secondary N) is 2. The van der Waals surface area contributed by atoms with E-state index in [0.717, 1.165) is 11.0 Å². The van der Waals surface area contributed by atoms with E-state index in [-0.39, 0.29) is 0 Å². The molecule has 0 aromatic heterocycles. The SMILES string of the molecule is CNC(=S)NC(C(C)C)C1CC1. The molecule has 0 aliphatic heterocycles. The Hall–Kier alpha value is -0.310. The van der Waals surface area contributed by atoms with E-state index in [9.17, 15) is 0 Å². The standard InChI is InChI=1S/C9H18N2S/c1-6(2)8(7-4-5-7)11-9(12)10-3/h6-8H,4-5H2,1-3H3,(H2,10,11,12). The topological polar surface area (TPSA) is 24.1 Å². The van der Waals surface area contributed by atoms with Crippen LogP contribution in [0.2, 0.25) is 0 Å². The molecule has 1 unspecified atom stereocenters. The Bertz CT molecular complexity index is 162. The number of rotatable bonds is 3. The van der Waals surface area contributed by atoms with Gasteiger partial charge in [-0.15, -0.1) is 0 Å². The van der Waals surface area contributed by atoms with Gasteiger partial charge in [-0.3, -0.25) is 0 Å². The van der Waals surface area contributed by atoms with Crippen LogP contribution in [-0.4, -0.2) is 18.2 Å². The summed E-state index contributed by atoms with van der Waals surface area (Å²) in [5, 5.41) is 7.08. The fourth-order valence-corrected chi connectivity index (χ4v) is 1.64. The summed E-state index contributed by atoms with van der Waals surface area (Å²) >= 11 is 5.08. The summed E-state index contributed by atoms with van der Waals surface area (Å²) in [7, 11) is 1.86. The van der Waals surface area contributed by atoms with Crippen LogP contribution < -0.4 is 10.6 Å². The molecule has 3 heteroatoms. The van der Waals surface area contributed by atoms with Crippen LogP contribution >= 0.6 is 12.2 Å². The zero-order valence-corrected chi connectivity index (χ0v) is 8.87. The molecule has 1 rings (SSSR count). The predicted octanol–water partition coefficient (Wildman–Crippen LogP) is 1.51. The van der Waals surface area contributed by atoms with E-state index in [0.29, 0.717) is 12.0 Å². The molecule has 0 aromatic carbocycles. The van der Waals surface area contributed by atoms with Crippen molar-refractivity contribution in [1.82, 2.24) is 10.6 Å². The summed E-state index contributed by atoms with van der Waals surface area (Å²) in [5.41, 5.74) is 0. The lowest BCUT2D eigenvalue weighted by Gasteiger charge is -2.23. The average Bonchev–Trinajstić information content (AvgIpc) is 2.81. The lowest BCUT2D eigenvalue weighted by molar-refractivity contribution is 0.408. The van der Waals surface area contributed by atoms with Crippen LogP contribution in [0.4, 0.5) is 0 Å². The third-order valence-electron chi connectivity index (χ3n) is 2.37. The molecule has 1 aliphatic carbocycles. The lowest BCUT2D eigenvalue weighted by Crippen LogP contribution is -2.44. The van der Waals surface area contributed by atoms with Gasteiger partial charge in [-0.2, -0.15) is 0 Å². The Morgan fingerprint density at radius 2 is 2.00 bits per heavy atom. The highest BCUT2D eigenvalue weighted by molar-refractivity contribution is 7.80. The number of thiocarbonyl (C=S) groups is 1. The Labute approximate surface area is 80.1 Å². The van der Waals surface area contributed by atoms with Gasteiger partial charge in [0.25, 0.3) is 0 Å². The van der Waals surface area contributed by atoms with E-state index >= 15 is 0 Å². The molecule has 0 aromatic rings. The summed E-state index contributed by atoms with van der Waals surface area (Å²) < 4.78 is 0. The van der Waals surface area contributed by atoms with Gasteiger partial charge in [-0.1, -0.05) is 13.8 Å². The summed E-state index contributed by atoms with van der Waals surface area (Å²) in [5.74, 6) is 1.53. The number of hydrogen-bond acceptors (Lipinski definition) is 1. The van der Waals surface area contributed by atoms with E-state index < -0.39 is 0 Å². The zero-order chi connectivity index (χ0) is 9.14. The summed E-state index contributed by atoms with van der Waals surface area (Å²) in [4.78, 5) is 0. The molecule has 0 spiro atoms. The highest BCUT2D eigenvalue weighted by Crippen LogP contribution is 2.35. The van der Waals surface area contributed by atoms with Crippen molar-refractivity contribution in [3.63, 3.8) is 0 Å². The first-order chi connectivity index (χ1) is 5.65. The third kappa shape index (κ3) is 2.63. The summed E-state index contributed by atoms with van der Waals surface area (Å²) in [6.45, 7) is 4.49. The van der Waals surface area contributed by atoms with Gasteiger partial charge >= 0.3 is 0 Å². The van der Waals surface area contributed by atoms with Gasteiger partial charge in [-0.05, 0) is 36.9 Å². The van der Waals surface area contributed by atoms with Gasteiger partial charge in [0, 0.05) is 13.1 Å². The molecule has 1 aliphatic rings. The molecule has 2 nitrogen and oxygen atoms in total. The normalized spacial score (nSPS) is 19.0. The zero-order valence-electron chi connectivity index (χ0n) is 8.05. The van der Waals surface area contributed by atoms with Crippen molar-refractivity contribution in [3.8, 4) is 0 Å². The minimum atomic E-state index is 0.574. The van der Waals surface area contributed by atoms with Gasteiger partial charge in [-0.25, -0.2) is 0 Å². The van der Waals surface area contributed by atoms with Gasteiger partial charge < -0.3 is 10.6 Å². The Balaban J connectivity index is 2.37. The average molecular weight is 186 g/mol. The molecule has 1 fully saturated rings. The van der Waals surface area contributed by atoms with Crippen molar-refractivity contribution in [3.05, 3.63) is 0 Å². The maximum atomic E-state index is 5.08. The van der Waals surface area contributed by atoms with Crippen LogP contribution in [0.15, 0.2) is 0 Å². The van der Waals surface area contributed by atoms with E-state index in [1.807, 2.05) is 7.05 Å². The van der Waals surface area contributed by atoms with Crippen LogP contribution in [0.25, 0.3) is 0 Å². The smallest absolute Gasteiger partial charge is 0.166 e. The second kappa shape index (κ2) is 4.08. The van der Waals surface area contributed by atoms with E-state index in [2.05, 4.69) is 24.5 Å². The van der Waals surface area contributed by atoms with Crippen LogP contribution in [0.1, 0.15) is 26.7 Å². The molecular formula is C9H18N2S. The van der Waals surface area contributed by atoms with Gasteiger partial charge in [0.2, 0.25) is 0 Å². The van der Waals surface area contributed by atoms with E-state index in [4.69, 9.17) is 12.2 Å². The minimum absolute atomic E-state index is 0.574.